The van der Waals surface area contributed by atoms with E-state index in [0.29, 0.717) is 31.2 Å². The molecule has 8 heteroatoms. The van der Waals surface area contributed by atoms with Crippen LogP contribution in [0.15, 0.2) is 77.7 Å². The number of aryl methyl sites for hydroxylation is 1. The highest BCUT2D eigenvalue weighted by atomic mass is 32.2. The van der Waals surface area contributed by atoms with Gasteiger partial charge < -0.3 is 14.4 Å². The van der Waals surface area contributed by atoms with Crippen molar-refractivity contribution in [2.24, 2.45) is 0 Å². The van der Waals surface area contributed by atoms with Gasteiger partial charge in [-0.1, -0.05) is 24.3 Å². The molecule has 3 rings (SSSR count). The molecule has 0 radical (unpaired) electrons. The topological polar surface area (TPSA) is 84.9 Å². The fourth-order valence-electron chi connectivity index (χ4n) is 3.13. The summed E-state index contributed by atoms with van der Waals surface area (Å²) in [4.78, 5) is 14.3. The molecule has 0 aliphatic carbocycles. The molecule has 0 aromatic heterocycles. The fraction of sp³-hybridized carbons (Fsp3) is 0.240. The molecule has 0 aliphatic heterocycles. The highest BCUT2D eigenvalue weighted by Crippen LogP contribution is 2.21. The number of hydrogen-bond acceptors (Lipinski definition) is 5. The number of hydrogen-bond donors (Lipinski definition) is 1. The molecule has 3 aromatic rings. The van der Waals surface area contributed by atoms with Gasteiger partial charge in [0.1, 0.15) is 18.1 Å². The van der Waals surface area contributed by atoms with Gasteiger partial charge in [0.15, 0.2) is 0 Å². The lowest BCUT2D eigenvalue weighted by Gasteiger charge is -2.18. The maximum absolute atomic E-state index is 12.8. The van der Waals surface area contributed by atoms with Crippen LogP contribution in [0.2, 0.25) is 0 Å². The Bertz CT molecular complexity index is 1190. The quantitative estimate of drug-likeness (QED) is 0.478. The van der Waals surface area contributed by atoms with Gasteiger partial charge >= 0.3 is 0 Å². The number of likely N-dealkylation sites (N-methyl/N-ethyl adjacent to an activating group) is 1. The molecule has 33 heavy (non-hydrogen) atoms. The molecule has 0 unspecified atom stereocenters. The smallest absolute Gasteiger partial charge is 0.261 e. The van der Waals surface area contributed by atoms with Gasteiger partial charge in [0.05, 0.1) is 18.0 Å². The molecule has 0 aliphatic rings. The number of ether oxygens (including phenoxy) is 2. The number of para-hydroxylation sites is 1. The lowest BCUT2D eigenvalue weighted by molar-refractivity contribution is 0.0773. The molecule has 0 heterocycles. The van der Waals surface area contributed by atoms with Gasteiger partial charge in [0.2, 0.25) is 0 Å². The van der Waals surface area contributed by atoms with Crippen LogP contribution in [-0.4, -0.2) is 46.0 Å². The molecule has 1 amide bonds. The second-order valence-corrected chi connectivity index (χ2v) is 9.11. The summed E-state index contributed by atoms with van der Waals surface area (Å²) < 4.78 is 39.3. The van der Waals surface area contributed by atoms with Gasteiger partial charge in [-0.2, -0.15) is 0 Å². The molecule has 0 saturated carbocycles. The predicted octanol–water partition coefficient (Wildman–Crippen LogP) is 4.35. The van der Waals surface area contributed by atoms with E-state index in [4.69, 9.17) is 9.47 Å². The second-order valence-electron chi connectivity index (χ2n) is 7.43. The van der Waals surface area contributed by atoms with Crippen molar-refractivity contribution in [2.75, 3.05) is 31.5 Å². The van der Waals surface area contributed by atoms with Gasteiger partial charge in [-0.3, -0.25) is 9.52 Å². The minimum atomic E-state index is -3.86. The number of rotatable bonds is 10. The average molecular weight is 469 g/mol. The summed E-state index contributed by atoms with van der Waals surface area (Å²) in [6.07, 6.45) is 0. The Morgan fingerprint density at radius 2 is 1.70 bits per heavy atom. The lowest BCUT2D eigenvalue weighted by atomic mass is 10.2. The molecular weight excluding hydrogens is 440 g/mol. The first-order valence-corrected chi connectivity index (χ1v) is 12.1. The van der Waals surface area contributed by atoms with Crippen molar-refractivity contribution < 1.29 is 22.7 Å². The van der Waals surface area contributed by atoms with E-state index in [9.17, 15) is 13.2 Å². The molecule has 3 aromatic carbocycles. The first-order valence-electron chi connectivity index (χ1n) is 10.6. The molecule has 0 atom stereocenters. The summed E-state index contributed by atoms with van der Waals surface area (Å²) in [5.41, 5.74) is 1.70. The number of anilines is 1. The van der Waals surface area contributed by atoms with Crippen molar-refractivity contribution in [3.05, 3.63) is 83.9 Å². The third kappa shape index (κ3) is 6.49. The molecule has 1 N–H and O–H groups in total. The molecule has 7 nitrogen and oxygen atoms in total. The molecule has 174 valence electrons. The zero-order valence-corrected chi connectivity index (χ0v) is 19.8. The number of nitrogens with one attached hydrogen (secondary N) is 1. The maximum atomic E-state index is 12.8. The molecular formula is C25H28N2O5S. The Balaban J connectivity index is 1.64. The van der Waals surface area contributed by atoms with E-state index in [0.717, 1.165) is 11.3 Å². The minimum absolute atomic E-state index is 0.00629. The highest BCUT2D eigenvalue weighted by Gasteiger charge is 2.18. The summed E-state index contributed by atoms with van der Waals surface area (Å²) in [6.45, 7) is 5.04. The summed E-state index contributed by atoms with van der Waals surface area (Å²) >= 11 is 0. The van der Waals surface area contributed by atoms with Crippen LogP contribution >= 0.6 is 0 Å². The predicted molar refractivity (Wildman–Crippen MR) is 128 cm³/mol. The monoisotopic (exact) mass is 468 g/mol. The Kier molecular flexibility index (Phi) is 7.95. The number of amides is 1. The van der Waals surface area contributed by atoms with E-state index in [-0.39, 0.29) is 16.4 Å². The van der Waals surface area contributed by atoms with Crippen LogP contribution in [0.4, 0.5) is 5.69 Å². The lowest BCUT2D eigenvalue weighted by Crippen LogP contribution is -2.31. The summed E-state index contributed by atoms with van der Waals surface area (Å²) in [5.74, 6) is 1.13. The highest BCUT2D eigenvalue weighted by molar-refractivity contribution is 7.92. The van der Waals surface area contributed by atoms with Crippen molar-refractivity contribution in [2.45, 2.75) is 18.7 Å². The first-order chi connectivity index (χ1) is 15.8. The standard InChI is InChI=1S/C25H28N2O5S/c1-4-31-22-14-12-21(13-15-22)26-33(29,30)23-10-7-9-20(18-23)25(28)27(3)16-17-32-24-11-6-5-8-19(24)2/h5-15,18,26H,4,16-17H2,1-3H3. The number of sulfonamides is 1. The summed E-state index contributed by atoms with van der Waals surface area (Å²) in [6, 6.07) is 20.3. The zero-order valence-electron chi connectivity index (χ0n) is 18.9. The van der Waals surface area contributed by atoms with E-state index in [1.807, 2.05) is 38.1 Å². The van der Waals surface area contributed by atoms with Crippen LogP contribution in [-0.2, 0) is 10.0 Å². The van der Waals surface area contributed by atoms with Crippen molar-refractivity contribution in [3.63, 3.8) is 0 Å². The Morgan fingerprint density at radius 1 is 0.970 bits per heavy atom. The van der Waals surface area contributed by atoms with Crippen molar-refractivity contribution >= 4 is 21.6 Å². The van der Waals surface area contributed by atoms with Gasteiger partial charge in [0, 0.05) is 18.3 Å². The summed E-state index contributed by atoms with van der Waals surface area (Å²) in [7, 11) is -2.21. The number of benzene rings is 3. The van der Waals surface area contributed by atoms with Gasteiger partial charge in [-0.15, -0.1) is 0 Å². The van der Waals surface area contributed by atoms with Crippen LogP contribution in [0, 0.1) is 6.92 Å². The Morgan fingerprint density at radius 3 is 2.39 bits per heavy atom. The van der Waals surface area contributed by atoms with Crippen LogP contribution in [0.1, 0.15) is 22.8 Å². The van der Waals surface area contributed by atoms with E-state index in [1.165, 1.54) is 17.0 Å². The number of carbonyl (C=O) groups excluding carboxylic acids is 1. The largest absolute Gasteiger partial charge is 0.494 e. The van der Waals surface area contributed by atoms with Gasteiger partial charge in [0.25, 0.3) is 15.9 Å². The average Bonchev–Trinajstić information content (AvgIpc) is 2.81. The van der Waals surface area contributed by atoms with Crippen LogP contribution < -0.4 is 14.2 Å². The number of nitrogens with zero attached hydrogens (tertiary/aromatic N) is 1. The number of carbonyl (C=O) groups is 1. The molecule has 0 saturated heterocycles. The van der Waals surface area contributed by atoms with E-state index < -0.39 is 10.0 Å². The second kappa shape index (κ2) is 10.9. The third-order valence-corrected chi connectivity index (χ3v) is 6.31. The normalized spacial score (nSPS) is 11.0. The SMILES string of the molecule is CCOc1ccc(NS(=O)(=O)c2cccc(C(=O)N(C)CCOc3ccccc3C)c2)cc1. The minimum Gasteiger partial charge on any atom is -0.494 e. The van der Waals surface area contributed by atoms with E-state index in [1.54, 1.807) is 43.4 Å². The Labute approximate surface area is 195 Å². The summed E-state index contributed by atoms with van der Waals surface area (Å²) in [5, 5.41) is 0. The fourth-order valence-corrected chi connectivity index (χ4v) is 4.23. The van der Waals surface area contributed by atoms with Crippen molar-refractivity contribution in [1.82, 2.24) is 4.90 Å². The van der Waals surface area contributed by atoms with Crippen LogP contribution in [0.5, 0.6) is 11.5 Å². The maximum Gasteiger partial charge on any atom is 0.261 e. The Hall–Kier alpha value is -3.52. The van der Waals surface area contributed by atoms with Gasteiger partial charge in [-0.25, -0.2) is 8.42 Å². The van der Waals surface area contributed by atoms with Crippen LogP contribution in [0.3, 0.4) is 0 Å². The molecule has 0 spiro atoms. The van der Waals surface area contributed by atoms with Crippen LogP contribution in [0.25, 0.3) is 0 Å². The van der Waals surface area contributed by atoms with Crippen molar-refractivity contribution in [1.29, 1.82) is 0 Å². The zero-order chi connectivity index (χ0) is 23.8. The van der Waals surface area contributed by atoms with E-state index in [2.05, 4.69) is 4.72 Å². The van der Waals surface area contributed by atoms with E-state index >= 15 is 0 Å². The van der Waals surface area contributed by atoms with Gasteiger partial charge in [-0.05, 0) is 67.9 Å². The first kappa shape index (κ1) is 24.1. The third-order valence-electron chi connectivity index (χ3n) is 4.93. The molecule has 0 bridgehead atoms. The van der Waals surface area contributed by atoms with Crippen molar-refractivity contribution in [3.8, 4) is 11.5 Å². The molecule has 0 fully saturated rings.